The Balaban J connectivity index is 3.38. The zero-order valence-corrected chi connectivity index (χ0v) is 9.44. The number of hydrogen-bond acceptors (Lipinski definition) is 2. The van der Waals surface area contributed by atoms with Crippen molar-refractivity contribution < 1.29 is 9.53 Å². The third-order valence-electron chi connectivity index (χ3n) is 1.84. The molecule has 0 radical (unpaired) electrons. The second-order valence-corrected chi connectivity index (χ2v) is 3.77. The Hall–Kier alpha value is -0.830. The van der Waals surface area contributed by atoms with Gasteiger partial charge in [0.1, 0.15) is 5.75 Å². The first kappa shape index (κ1) is 10.3. The number of benzene rings is 1. The Bertz CT molecular complexity index is 345. The maximum atomic E-state index is 11.3. The zero-order chi connectivity index (χ0) is 10.0. The summed E-state index contributed by atoms with van der Waals surface area (Å²) in [7, 11) is 1.56. The summed E-state index contributed by atoms with van der Waals surface area (Å²) in [6, 6.07) is 3.70. The third-order valence-corrected chi connectivity index (χ3v) is 2.29. The van der Waals surface area contributed by atoms with E-state index in [1.165, 1.54) is 0 Å². The van der Waals surface area contributed by atoms with Gasteiger partial charge in [0.2, 0.25) is 0 Å². The number of hydrogen-bond donors (Lipinski definition) is 0. The van der Waals surface area contributed by atoms with E-state index in [1.807, 2.05) is 13.0 Å². The molecule has 0 saturated heterocycles. The molecule has 0 spiro atoms. The first-order chi connectivity index (χ1) is 6.06. The van der Waals surface area contributed by atoms with Crippen molar-refractivity contribution in [3.8, 4) is 5.75 Å². The summed E-state index contributed by atoms with van der Waals surface area (Å²) in [6.45, 7) is 3.43. The van der Waals surface area contributed by atoms with E-state index in [1.54, 1.807) is 20.1 Å². The molecule has 0 aliphatic rings. The monoisotopic (exact) mass is 242 g/mol. The maximum Gasteiger partial charge on any atom is 0.163 e. The SMILES string of the molecule is COc1cc(Br)cc(C)c1C(C)=O. The molecule has 0 unspecified atom stereocenters. The molecule has 0 amide bonds. The summed E-state index contributed by atoms with van der Waals surface area (Å²) in [6.07, 6.45) is 0. The standard InChI is InChI=1S/C10H11BrO2/c1-6-4-8(11)5-9(13-3)10(6)7(2)12/h4-5H,1-3H3. The average molecular weight is 243 g/mol. The van der Waals surface area contributed by atoms with E-state index in [4.69, 9.17) is 4.74 Å². The van der Waals surface area contributed by atoms with Crippen LogP contribution in [0.25, 0.3) is 0 Å². The van der Waals surface area contributed by atoms with Gasteiger partial charge in [0.25, 0.3) is 0 Å². The fraction of sp³-hybridized carbons (Fsp3) is 0.300. The van der Waals surface area contributed by atoms with Crippen molar-refractivity contribution in [3.05, 3.63) is 27.7 Å². The highest BCUT2D eigenvalue weighted by Crippen LogP contribution is 2.27. The lowest BCUT2D eigenvalue weighted by atomic mass is 10.0. The number of ketones is 1. The summed E-state index contributed by atoms with van der Waals surface area (Å²) in [5, 5.41) is 0. The van der Waals surface area contributed by atoms with Crippen LogP contribution in [0.1, 0.15) is 22.8 Å². The van der Waals surface area contributed by atoms with Gasteiger partial charge in [-0.25, -0.2) is 0 Å². The molecule has 1 aromatic carbocycles. The topological polar surface area (TPSA) is 26.3 Å². The molecule has 0 aliphatic carbocycles. The number of ether oxygens (including phenoxy) is 1. The van der Waals surface area contributed by atoms with Crippen LogP contribution in [0.4, 0.5) is 0 Å². The molecule has 0 fully saturated rings. The van der Waals surface area contributed by atoms with Crippen molar-refractivity contribution >= 4 is 21.7 Å². The molecule has 1 aromatic rings. The van der Waals surface area contributed by atoms with Crippen molar-refractivity contribution in [2.24, 2.45) is 0 Å². The number of carbonyl (C=O) groups is 1. The second kappa shape index (κ2) is 3.92. The lowest BCUT2D eigenvalue weighted by molar-refractivity contribution is 0.101. The van der Waals surface area contributed by atoms with E-state index in [0.29, 0.717) is 11.3 Å². The van der Waals surface area contributed by atoms with Gasteiger partial charge in [-0.3, -0.25) is 4.79 Å². The van der Waals surface area contributed by atoms with Gasteiger partial charge in [-0.15, -0.1) is 0 Å². The Kier molecular flexibility index (Phi) is 3.09. The molecule has 0 aliphatic heterocycles. The van der Waals surface area contributed by atoms with Gasteiger partial charge in [-0.2, -0.15) is 0 Å². The fourth-order valence-corrected chi connectivity index (χ4v) is 1.88. The Morgan fingerprint density at radius 1 is 1.46 bits per heavy atom. The molecule has 1 rings (SSSR count). The van der Waals surface area contributed by atoms with Gasteiger partial charge in [0, 0.05) is 4.47 Å². The number of halogens is 1. The van der Waals surface area contributed by atoms with Gasteiger partial charge >= 0.3 is 0 Å². The first-order valence-corrected chi connectivity index (χ1v) is 4.70. The molecule has 0 bridgehead atoms. The highest BCUT2D eigenvalue weighted by Gasteiger charge is 2.11. The summed E-state index contributed by atoms with van der Waals surface area (Å²) in [4.78, 5) is 11.3. The number of Topliss-reactive ketones (excluding diaryl/α,β-unsaturated/α-hetero) is 1. The highest BCUT2D eigenvalue weighted by molar-refractivity contribution is 9.10. The van der Waals surface area contributed by atoms with E-state index in [2.05, 4.69) is 15.9 Å². The van der Waals surface area contributed by atoms with Crippen LogP contribution in [-0.2, 0) is 0 Å². The Morgan fingerprint density at radius 2 is 2.08 bits per heavy atom. The minimum atomic E-state index is 0.0295. The Labute approximate surface area is 86.0 Å². The fourth-order valence-electron chi connectivity index (χ4n) is 1.32. The minimum absolute atomic E-state index is 0.0295. The summed E-state index contributed by atoms with van der Waals surface area (Å²) < 4.78 is 6.04. The lowest BCUT2D eigenvalue weighted by Crippen LogP contribution is -2.00. The minimum Gasteiger partial charge on any atom is -0.496 e. The number of rotatable bonds is 2. The predicted molar refractivity (Wildman–Crippen MR) is 55.4 cm³/mol. The highest BCUT2D eigenvalue weighted by atomic mass is 79.9. The second-order valence-electron chi connectivity index (χ2n) is 2.86. The molecule has 0 atom stereocenters. The largest absolute Gasteiger partial charge is 0.496 e. The van der Waals surface area contributed by atoms with Crippen LogP contribution in [-0.4, -0.2) is 12.9 Å². The van der Waals surface area contributed by atoms with Gasteiger partial charge in [0.05, 0.1) is 12.7 Å². The van der Waals surface area contributed by atoms with Crippen molar-refractivity contribution in [1.29, 1.82) is 0 Å². The molecule has 70 valence electrons. The number of carbonyl (C=O) groups excluding carboxylic acids is 1. The molecule has 3 heteroatoms. The molecule has 2 nitrogen and oxygen atoms in total. The molecule has 13 heavy (non-hydrogen) atoms. The lowest BCUT2D eigenvalue weighted by Gasteiger charge is -2.09. The number of methoxy groups -OCH3 is 1. The van der Waals surface area contributed by atoms with E-state index in [0.717, 1.165) is 10.0 Å². The van der Waals surface area contributed by atoms with E-state index >= 15 is 0 Å². The van der Waals surface area contributed by atoms with Crippen molar-refractivity contribution in [2.45, 2.75) is 13.8 Å². The van der Waals surface area contributed by atoms with Crippen LogP contribution < -0.4 is 4.74 Å². The Morgan fingerprint density at radius 3 is 2.54 bits per heavy atom. The molecular formula is C10H11BrO2. The van der Waals surface area contributed by atoms with Crippen LogP contribution in [0.5, 0.6) is 5.75 Å². The van der Waals surface area contributed by atoms with Crippen LogP contribution in [0.2, 0.25) is 0 Å². The predicted octanol–water partition coefficient (Wildman–Crippen LogP) is 2.97. The van der Waals surface area contributed by atoms with Crippen LogP contribution in [0.15, 0.2) is 16.6 Å². The zero-order valence-electron chi connectivity index (χ0n) is 7.85. The molecule has 0 N–H and O–H groups in total. The average Bonchev–Trinajstić information content (AvgIpc) is 2.01. The quantitative estimate of drug-likeness (QED) is 0.746. The first-order valence-electron chi connectivity index (χ1n) is 3.91. The summed E-state index contributed by atoms with van der Waals surface area (Å²) in [5.74, 6) is 0.654. The van der Waals surface area contributed by atoms with Gasteiger partial charge in [0.15, 0.2) is 5.78 Å². The van der Waals surface area contributed by atoms with Crippen LogP contribution >= 0.6 is 15.9 Å². The smallest absolute Gasteiger partial charge is 0.163 e. The van der Waals surface area contributed by atoms with Gasteiger partial charge in [-0.05, 0) is 31.5 Å². The third kappa shape index (κ3) is 2.10. The summed E-state index contributed by atoms with van der Waals surface area (Å²) >= 11 is 3.35. The molecular weight excluding hydrogens is 232 g/mol. The van der Waals surface area contributed by atoms with Crippen molar-refractivity contribution in [2.75, 3.05) is 7.11 Å². The van der Waals surface area contributed by atoms with Gasteiger partial charge in [-0.1, -0.05) is 15.9 Å². The molecule has 0 saturated carbocycles. The summed E-state index contributed by atoms with van der Waals surface area (Å²) in [5.41, 5.74) is 1.59. The van der Waals surface area contributed by atoms with Crippen molar-refractivity contribution in [3.63, 3.8) is 0 Å². The number of aryl methyl sites for hydroxylation is 1. The van der Waals surface area contributed by atoms with Crippen LogP contribution in [0, 0.1) is 6.92 Å². The van der Waals surface area contributed by atoms with E-state index < -0.39 is 0 Å². The van der Waals surface area contributed by atoms with Gasteiger partial charge < -0.3 is 4.74 Å². The van der Waals surface area contributed by atoms with Crippen LogP contribution in [0.3, 0.4) is 0 Å². The molecule has 0 aromatic heterocycles. The molecule has 0 heterocycles. The van der Waals surface area contributed by atoms with E-state index in [9.17, 15) is 4.79 Å². The van der Waals surface area contributed by atoms with E-state index in [-0.39, 0.29) is 5.78 Å². The maximum absolute atomic E-state index is 11.3. The normalized spacial score (nSPS) is 9.85. The van der Waals surface area contributed by atoms with Crippen molar-refractivity contribution in [1.82, 2.24) is 0 Å².